The van der Waals surface area contributed by atoms with Gasteiger partial charge in [-0.2, -0.15) is 8.42 Å². The summed E-state index contributed by atoms with van der Waals surface area (Å²) in [6.07, 6.45) is 7.81. The summed E-state index contributed by atoms with van der Waals surface area (Å²) < 4.78 is 32.2. The fourth-order valence-corrected chi connectivity index (χ4v) is 4.54. The van der Waals surface area contributed by atoms with E-state index in [0.29, 0.717) is 0 Å². The van der Waals surface area contributed by atoms with E-state index in [-0.39, 0.29) is 24.4 Å². The molecule has 7 nitrogen and oxygen atoms in total. The summed E-state index contributed by atoms with van der Waals surface area (Å²) in [6, 6.07) is 20.0. The predicted molar refractivity (Wildman–Crippen MR) is 134 cm³/mol. The number of nitrogens with zero attached hydrogens (tertiary/aromatic N) is 2. The van der Waals surface area contributed by atoms with Gasteiger partial charge in [0, 0.05) is 47.1 Å². The van der Waals surface area contributed by atoms with Gasteiger partial charge in [0.05, 0.1) is 27.7 Å². The molecule has 8 bridgehead atoms. The van der Waals surface area contributed by atoms with Crippen molar-refractivity contribution in [3.8, 4) is 11.1 Å². The third-order valence-electron chi connectivity index (χ3n) is 5.63. The third kappa shape index (κ3) is 4.79. The quantitative estimate of drug-likeness (QED) is 0.200. The monoisotopic (exact) mass is 530 g/mol. The largest absolute Gasteiger partial charge is 0.355 e. The van der Waals surface area contributed by atoms with Gasteiger partial charge in [-0.3, -0.25) is 4.55 Å². The maximum atomic E-state index is 11.4. The van der Waals surface area contributed by atoms with Crippen molar-refractivity contribution in [2.75, 3.05) is 0 Å². The third-order valence-corrected chi connectivity index (χ3v) is 6.50. The van der Waals surface area contributed by atoms with Crippen molar-refractivity contribution >= 4 is 56.5 Å². The number of fused-ring (bicyclic) bond motifs is 8. The first-order valence-electron chi connectivity index (χ1n) is 10.6. The van der Waals surface area contributed by atoms with E-state index in [0.717, 1.165) is 56.0 Å². The molecular formula is C26H18N4O3SZn. The fraction of sp³-hybridized carbons (Fsp3) is 0. The summed E-state index contributed by atoms with van der Waals surface area (Å²) in [5, 5.41) is 0. The molecule has 2 aliphatic heterocycles. The number of nitrogens with one attached hydrogen (secondary N) is 2. The molecule has 3 N–H and O–H groups in total. The Labute approximate surface area is 213 Å². The second-order valence-corrected chi connectivity index (χ2v) is 9.51. The molecule has 9 heteroatoms. The van der Waals surface area contributed by atoms with Gasteiger partial charge in [0.2, 0.25) is 0 Å². The minimum absolute atomic E-state index is 0. The van der Waals surface area contributed by atoms with E-state index < -0.39 is 10.1 Å². The molecule has 168 valence electrons. The van der Waals surface area contributed by atoms with Crippen LogP contribution in [0.25, 0.3) is 57.5 Å². The molecule has 1 aromatic carbocycles. The van der Waals surface area contributed by atoms with E-state index in [2.05, 4.69) is 15.0 Å². The van der Waals surface area contributed by atoms with Crippen LogP contribution < -0.4 is 0 Å². The van der Waals surface area contributed by atoms with Crippen molar-refractivity contribution in [1.82, 2.24) is 19.9 Å². The van der Waals surface area contributed by atoms with Gasteiger partial charge < -0.3 is 9.97 Å². The Hall–Kier alpha value is -3.65. The Morgan fingerprint density at radius 3 is 1.69 bits per heavy atom. The van der Waals surface area contributed by atoms with Gasteiger partial charge in [-0.25, -0.2) is 9.97 Å². The molecule has 0 aliphatic carbocycles. The fourth-order valence-electron chi connectivity index (χ4n) is 4.06. The maximum absolute atomic E-state index is 11.4. The average Bonchev–Trinajstić information content (AvgIpc) is 3.58. The normalized spacial score (nSPS) is 12.5. The zero-order valence-corrected chi connectivity index (χ0v) is 22.2. The molecule has 5 heterocycles. The van der Waals surface area contributed by atoms with Crippen LogP contribution in [0.5, 0.6) is 0 Å². The first-order chi connectivity index (χ1) is 16.4. The van der Waals surface area contributed by atoms with E-state index >= 15 is 0 Å². The summed E-state index contributed by atoms with van der Waals surface area (Å²) in [7, 11) is -4.26. The molecule has 0 spiro atoms. The van der Waals surface area contributed by atoms with E-state index in [9.17, 15) is 13.0 Å². The Balaban J connectivity index is 0.00000253. The molecule has 2 aliphatic rings. The van der Waals surface area contributed by atoms with Gasteiger partial charge in [-0.1, -0.05) is 12.1 Å². The molecule has 0 amide bonds. The number of hydrogen-bond donors (Lipinski definition) is 3. The smallest absolute Gasteiger partial charge is 0.294 e. The number of H-pyrrole nitrogens is 2. The van der Waals surface area contributed by atoms with Crippen molar-refractivity contribution in [3.63, 3.8) is 0 Å². The second-order valence-electron chi connectivity index (χ2n) is 8.09. The minimum Gasteiger partial charge on any atom is -0.355 e. The van der Waals surface area contributed by atoms with Crippen molar-refractivity contribution in [2.45, 2.75) is 4.90 Å². The SMILES string of the molecule is O=S(=O)(O)c1ccc(-c2cc3cc4nc(cc5ccc(cc6nc(cc2[nH]3)C=C6)[nH]5)C=C4)cc1.[Zn]. The first kappa shape index (κ1) is 23.1. The molecule has 3 aromatic heterocycles. The van der Waals surface area contributed by atoms with Crippen molar-refractivity contribution in [2.24, 2.45) is 0 Å². The van der Waals surface area contributed by atoms with Gasteiger partial charge >= 0.3 is 0 Å². The molecule has 0 unspecified atom stereocenters. The Morgan fingerprint density at radius 1 is 0.629 bits per heavy atom. The Kier molecular flexibility index (Phi) is 5.85. The zero-order chi connectivity index (χ0) is 23.3. The molecule has 0 radical (unpaired) electrons. The van der Waals surface area contributed by atoms with Gasteiger partial charge in [0.15, 0.2) is 0 Å². The summed E-state index contributed by atoms with van der Waals surface area (Å²) in [5.74, 6) is 0. The van der Waals surface area contributed by atoms with E-state index in [1.807, 2.05) is 66.8 Å². The van der Waals surface area contributed by atoms with Crippen LogP contribution in [-0.2, 0) is 29.6 Å². The number of aromatic nitrogens is 4. The number of aromatic amines is 2. The molecule has 0 saturated carbocycles. The van der Waals surface area contributed by atoms with Crippen molar-refractivity contribution in [1.29, 1.82) is 0 Å². The average molecular weight is 532 g/mol. The van der Waals surface area contributed by atoms with Gasteiger partial charge in [0.25, 0.3) is 10.1 Å². The second kappa shape index (κ2) is 8.85. The van der Waals surface area contributed by atoms with Crippen LogP contribution in [0.4, 0.5) is 0 Å². The van der Waals surface area contributed by atoms with Crippen LogP contribution in [-0.4, -0.2) is 32.9 Å². The molecular weight excluding hydrogens is 514 g/mol. The van der Waals surface area contributed by atoms with Crippen molar-refractivity contribution < 1.29 is 32.4 Å². The summed E-state index contributed by atoms with van der Waals surface area (Å²) in [4.78, 5) is 16.0. The number of benzene rings is 1. The van der Waals surface area contributed by atoms with E-state index in [1.54, 1.807) is 12.1 Å². The summed E-state index contributed by atoms with van der Waals surface area (Å²) in [6.45, 7) is 0. The molecule has 0 saturated heterocycles. The van der Waals surface area contributed by atoms with Crippen LogP contribution in [0.15, 0.2) is 71.6 Å². The van der Waals surface area contributed by atoms with Gasteiger partial charge in [0.1, 0.15) is 0 Å². The van der Waals surface area contributed by atoms with Crippen LogP contribution in [0.2, 0.25) is 0 Å². The Bertz CT molecular complexity index is 1780. The van der Waals surface area contributed by atoms with Gasteiger partial charge in [-0.05, 0) is 84.5 Å². The van der Waals surface area contributed by atoms with Gasteiger partial charge in [-0.15, -0.1) is 0 Å². The number of hydrogen-bond acceptors (Lipinski definition) is 4. The molecule has 4 aromatic rings. The topological polar surface area (TPSA) is 112 Å². The first-order valence-corrected chi connectivity index (χ1v) is 12.0. The standard InChI is InChI=1S/C26H18N4O3S.Zn/c31-34(32,33)24-9-1-16(2-10-24)25-14-23-13-21-6-5-19(28-21)11-17-3-4-18(27-17)12-20-7-8-22(29-20)15-26(25)30-23;/h1-15,27,30H,(H,31,32,33);. The summed E-state index contributed by atoms with van der Waals surface area (Å²) in [5.41, 5.74) is 8.52. The van der Waals surface area contributed by atoms with Crippen LogP contribution in [0.3, 0.4) is 0 Å². The predicted octanol–water partition coefficient (Wildman–Crippen LogP) is 5.57. The van der Waals surface area contributed by atoms with Crippen molar-refractivity contribution in [3.05, 3.63) is 89.5 Å². The van der Waals surface area contributed by atoms with E-state index in [1.165, 1.54) is 12.1 Å². The summed E-state index contributed by atoms with van der Waals surface area (Å²) >= 11 is 0. The Morgan fingerprint density at radius 2 is 1.14 bits per heavy atom. The van der Waals surface area contributed by atoms with E-state index in [4.69, 9.17) is 4.98 Å². The van der Waals surface area contributed by atoms with Crippen LogP contribution in [0.1, 0.15) is 22.8 Å². The molecule has 35 heavy (non-hydrogen) atoms. The molecule has 0 atom stereocenters. The molecule has 6 rings (SSSR count). The molecule has 0 fully saturated rings. The number of rotatable bonds is 2. The minimum atomic E-state index is -4.26. The maximum Gasteiger partial charge on any atom is 0.294 e. The zero-order valence-electron chi connectivity index (χ0n) is 18.4. The van der Waals surface area contributed by atoms with Crippen LogP contribution in [0, 0.1) is 0 Å². The van der Waals surface area contributed by atoms with Crippen LogP contribution >= 0.6 is 0 Å².